The molecular formula is C19H28N2O4. The van der Waals surface area contributed by atoms with Crippen molar-refractivity contribution in [3.8, 4) is 5.75 Å². The molecule has 6 nitrogen and oxygen atoms in total. The minimum Gasteiger partial charge on any atom is -0.490 e. The number of ether oxygens (including phenoxy) is 2. The van der Waals surface area contributed by atoms with Crippen LogP contribution in [-0.4, -0.2) is 37.7 Å². The Morgan fingerprint density at radius 3 is 2.44 bits per heavy atom. The number of hydrogen-bond acceptors (Lipinski definition) is 5. The van der Waals surface area contributed by atoms with Crippen LogP contribution < -0.4 is 15.8 Å². The molecule has 0 aromatic heterocycles. The number of benzene rings is 1. The molecule has 6 heteroatoms. The third-order valence-electron chi connectivity index (χ3n) is 4.65. The van der Waals surface area contributed by atoms with Crippen LogP contribution in [0.3, 0.4) is 0 Å². The number of nitrogens with one attached hydrogen (secondary N) is 1. The van der Waals surface area contributed by atoms with Gasteiger partial charge in [0.1, 0.15) is 5.75 Å². The number of carbonyl (C=O) groups excluding carboxylic acids is 2. The van der Waals surface area contributed by atoms with Gasteiger partial charge in [0.2, 0.25) is 0 Å². The molecule has 0 heterocycles. The second kappa shape index (κ2) is 8.85. The Kier molecular flexibility index (Phi) is 6.82. The Hall–Kier alpha value is -2.08. The van der Waals surface area contributed by atoms with E-state index in [2.05, 4.69) is 5.32 Å². The Morgan fingerprint density at radius 1 is 1.24 bits per heavy atom. The molecule has 1 aromatic rings. The van der Waals surface area contributed by atoms with Gasteiger partial charge >= 0.3 is 5.97 Å². The molecule has 1 aliphatic carbocycles. The van der Waals surface area contributed by atoms with Crippen molar-refractivity contribution in [3.05, 3.63) is 29.8 Å². The SMILES string of the molecule is CCOC(=O)C1(C)CCC(Oc2ccc(C(=O)NCCN)cc2)CC1. The summed E-state index contributed by atoms with van der Waals surface area (Å²) in [4.78, 5) is 23.9. The highest BCUT2D eigenvalue weighted by Gasteiger charge is 2.39. The highest BCUT2D eigenvalue weighted by Crippen LogP contribution is 2.38. The van der Waals surface area contributed by atoms with Gasteiger partial charge < -0.3 is 20.5 Å². The summed E-state index contributed by atoms with van der Waals surface area (Å²) in [6.45, 7) is 5.09. The first-order valence-electron chi connectivity index (χ1n) is 8.90. The molecule has 0 aliphatic heterocycles. The van der Waals surface area contributed by atoms with Crippen LogP contribution in [0.5, 0.6) is 5.75 Å². The average molecular weight is 348 g/mol. The lowest BCUT2D eigenvalue weighted by molar-refractivity contribution is -0.157. The molecule has 1 aliphatic rings. The molecule has 0 spiro atoms. The van der Waals surface area contributed by atoms with Gasteiger partial charge in [-0.2, -0.15) is 0 Å². The van der Waals surface area contributed by atoms with Gasteiger partial charge in [0.15, 0.2) is 0 Å². The van der Waals surface area contributed by atoms with E-state index in [-0.39, 0.29) is 18.0 Å². The summed E-state index contributed by atoms with van der Waals surface area (Å²) in [6, 6.07) is 7.09. The molecule has 1 fully saturated rings. The quantitative estimate of drug-likeness (QED) is 0.738. The maximum atomic E-state index is 12.1. The number of rotatable bonds is 7. The van der Waals surface area contributed by atoms with Crippen molar-refractivity contribution < 1.29 is 19.1 Å². The predicted molar refractivity (Wildman–Crippen MR) is 95.5 cm³/mol. The van der Waals surface area contributed by atoms with E-state index in [1.54, 1.807) is 24.3 Å². The minimum atomic E-state index is -0.402. The third kappa shape index (κ3) is 5.19. The van der Waals surface area contributed by atoms with Crippen LogP contribution in [-0.2, 0) is 9.53 Å². The summed E-state index contributed by atoms with van der Waals surface area (Å²) < 4.78 is 11.2. The largest absolute Gasteiger partial charge is 0.490 e. The molecule has 0 atom stereocenters. The lowest BCUT2D eigenvalue weighted by atomic mass is 9.74. The van der Waals surface area contributed by atoms with Crippen LogP contribution in [0.4, 0.5) is 0 Å². The maximum absolute atomic E-state index is 12.1. The van der Waals surface area contributed by atoms with Crippen molar-refractivity contribution in [2.24, 2.45) is 11.1 Å². The zero-order valence-corrected chi connectivity index (χ0v) is 15.0. The zero-order chi connectivity index (χ0) is 18.3. The number of esters is 1. The smallest absolute Gasteiger partial charge is 0.311 e. The van der Waals surface area contributed by atoms with Crippen molar-refractivity contribution in [2.75, 3.05) is 19.7 Å². The summed E-state index contributed by atoms with van der Waals surface area (Å²) in [6.07, 6.45) is 3.23. The van der Waals surface area contributed by atoms with Crippen molar-refractivity contribution in [1.29, 1.82) is 0 Å². The topological polar surface area (TPSA) is 90.6 Å². The van der Waals surface area contributed by atoms with Crippen LogP contribution in [0.1, 0.15) is 49.9 Å². The summed E-state index contributed by atoms with van der Waals surface area (Å²) in [5.41, 5.74) is 5.55. The molecule has 3 N–H and O–H groups in total. The standard InChI is InChI=1S/C19H28N2O4/c1-3-24-18(23)19(2)10-8-16(9-11-19)25-15-6-4-14(5-7-15)17(22)21-13-12-20/h4-7,16H,3,8-13,20H2,1-2H3,(H,21,22). The molecule has 0 saturated heterocycles. The van der Waals surface area contributed by atoms with E-state index in [0.717, 1.165) is 31.4 Å². The molecule has 1 saturated carbocycles. The van der Waals surface area contributed by atoms with Gasteiger partial charge in [-0.15, -0.1) is 0 Å². The van der Waals surface area contributed by atoms with Crippen LogP contribution in [0, 0.1) is 5.41 Å². The number of hydrogen-bond donors (Lipinski definition) is 2. The van der Waals surface area contributed by atoms with Gasteiger partial charge in [0.05, 0.1) is 18.1 Å². The first-order valence-corrected chi connectivity index (χ1v) is 8.90. The Morgan fingerprint density at radius 2 is 1.88 bits per heavy atom. The number of amides is 1. The minimum absolute atomic E-state index is 0.0828. The summed E-state index contributed by atoms with van der Waals surface area (Å²) in [7, 11) is 0. The van der Waals surface area contributed by atoms with E-state index in [1.807, 2.05) is 13.8 Å². The molecule has 0 bridgehead atoms. The van der Waals surface area contributed by atoms with Gasteiger partial charge in [-0.25, -0.2) is 0 Å². The van der Waals surface area contributed by atoms with E-state index in [9.17, 15) is 9.59 Å². The molecule has 0 unspecified atom stereocenters. The number of carbonyl (C=O) groups is 2. The first-order chi connectivity index (χ1) is 12.0. The third-order valence-corrected chi connectivity index (χ3v) is 4.65. The highest BCUT2D eigenvalue weighted by atomic mass is 16.5. The van der Waals surface area contributed by atoms with Crippen LogP contribution in [0.2, 0.25) is 0 Å². The van der Waals surface area contributed by atoms with Crippen LogP contribution in [0.25, 0.3) is 0 Å². The van der Waals surface area contributed by atoms with Crippen molar-refractivity contribution >= 4 is 11.9 Å². The lowest BCUT2D eigenvalue weighted by Crippen LogP contribution is -2.37. The highest BCUT2D eigenvalue weighted by molar-refractivity contribution is 5.94. The average Bonchev–Trinajstić information content (AvgIpc) is 2.62. The van der Waals surface area contributed by atoms with Crippen LogP contribution in [0.15, 0.2) is 24.3 Å². The maximum Gasteiger partial charge on any atom is 0.311 e. The number of nitrogens with two attached hydrogens (primary N) is 1. The fourth-order valence-corrected chi connectivity index (χ4v) is 3.02. The second-order valence-electron chi connectivity index (χ2n) is 6.67. The van der Waals surface area contributed by atoms with Gasteiger partial charge in [0, 0.05) is 18.7 Å². The van der Waals surface area contributed by atoms with Crippen molar-refractivity contribution in [3.63, 3.8) is 0 Å². The van der Waals surface area contributed by atoms with E-state index in [4.69, 9.17) is 15.2 Å². The zero-order valence-electron chi connectivity index (χ0n) is 15.0. The Balaban J connectivity index is 1.85. The predicted octanol–water partition coefficient (Wildman–Crippen LogP) is 2.27. The van der Waals surface area contributed by atoms with Gasteiger partial charge in [-0.05, 0) is 63.8 Å². The fourth-order valence-electron chi connectivity index (χ4n) is 3.02. The Labute approximate surface area is 149 Å². The van der Waals surface area contributed by atoms with Crippen molar-refractivity contribution in [1.82, 2.24) is 5.32 Å². The van der Waals surface area contributed by atoms with Gasteiger partial charge in [0.25, 0.3) is 5.91 Å². The molecule has 25 heavy (non-hydrogen) atoms. The Bertz CT molecular complexity index is 578. The first kappa shape index (κ1) is 19.2. The van der Waals surface area contributed by atoms with E-state index >= 15 is 0 Å². The summed E-state index contributed by atoms with van der Waals surface area (Å²) in [5.74, 6) is 0.487. The van der Waals surface area contributed by atoms with E-state index < -0.39 is 5.41 Å². The summed E-state index contributed by atoms with van der Waals surface area (Å²) >= 11 is 0. The van der Waals surface area contributed by atoms with E-state index in [0.29, 0.717) is 25.3 Å². The summed E-state index contributed by atoms with van der Waals surface area (Å²) in [5, 5.41) is 2.73. The molecular weight excluding hydrogens is 320 g/mol. The monoisotopic (exact) mass is 348 g/mol. The van der Waals surface area contributed by atoms with Crippen molar-refractivity contribution in [2.45, 2.75) is 45.6 Å². The molecule has 2 rings (SSSR count). The molecule has 1 aromatic carbocycles. The lowest BCUT2D eigenvalue weighted by Gasteiger charge is -2.35. The fraction of sp³-hybridized carbons (Fsp3) is 0.579. The van der Waals surface area contributed by atoms with Gasteiger partial charge in [-0.1, -0.05) is 0 Å². The molecule has 1 amide bonds. The molecule has 138 valence electrons. The van der Waals surface area contributed by atoms with Gasteiger partial charge in [-0.3, -0.25) is 9.59 Å². The second-order valence-corrected chi connectivity index (χ2v) is 6.67. The normalized spacial score (nSPS) is 22.9. The van der Waals surface area contributed by atoms with Crippen LogP contribution >= 0.6 is 0 Å². The van der Waals surface area contributed by atoms with E-state index in [1.165, 1.54) is 0 Å². The molecule has 0 radical (unpaired) electrons.